The van der Waals surface area contributed by atoms with Crippen LogP contribution >= 0.6 is 0 Å². The predicted octanol–water partition coefficient (Wildman–Crippen LogP) is 2.95. The van der Waals surface area contributed by atoms with E-state index in [-0.39, 0.29) is 6.10 Å². The summed E-state index contributed by atoms with van der Waals surface area (Å²) in [6.07, 6.45) is 3.49. The van der Waals surface area contributed by atoms with E-state index in [4.69, 9.17) is 4.74 Å². The summed E-state index contributed by atoms with van der Waals surface area (Å²) >= 11 is 0. The van der Waals surface area contributed by atoms with Crippen molar-refractivity contribution in [2.45, 2.75) is 25.4 Å². The summed E-state index contributed by atoms with van der Waals surface area (Å²) in [5.41, 5.74) is 0.591. The average Bonchev–Trinajstić information content (AvgIpc) is 2.32. The Balaban J connectivity index is 1.86. The van der Waals surface area contributed by atoms with Crippen LogP contribution in [0.25, 0.3) is 0 Å². The first-order valence-electron chi connectivity index (χ1n) is 5.56. The Labute approximate surface area is 93.6 Å². The summed E-state index contributed by atoms with van der Waals surface area (Å²) in [5.74, 6) is -1.64. The molecular weight excluding hydrogens is 212 g/mol. The van der Waals surface area contributed by atoms with Crippen molar-refractivity contribution in [2.75, 3.05) is 18.5 Å². The third-order valence-electron chi connectivity index (χ3n) is 2.73. The molecule has 0 aromatic heterocycles. The van der Waals surface area contributed by atoms with Crippen LogP contribution in [0.3, 0.4) is 0 Å². The average molecular weight is 227 g/mol. The molecule has 0 radical (unpaired) electrons. The molecule has 1 aromatic carbocycles. The zero-order chi connectivity index (χ0) is 11.4. The Kier molecular flexibility index (Phi) is 3.72. The fraction of sp³-hybridized carbons (Fsp3) is 0.500. The summed E-state index contributed by atoms with van der Waals surface area (Å²) in [7, 11) is 0. The number of nitrogens with one attached hydrogen (secondary N) is 1. The van der Waals surface area contributed by atoms with Gasteiger partial charge >= 0.3 is 0 Å². The maximum absolute atomic E-state index is 12.9. The van der Waals surface area contributed by atoms with Crippen molar-refractivity contribution in [2.24, 2.45) is 0 Å². The van der Waals surface area contributed by atoms with Gasteiger partial charge in [-0.3, -0.25) is 0 Å². The van der Waals surface area contributed by atoms with E-state index in [1.807, 2.05) is 0 Å². The van der Waals surface area contributed by atoms with Crippen LogP contribution in [-0.2, 0) is 4.74 Å². The van der Waals surface area contributed by atoms with Crippen molar-refractivity contribution in [1.29, 1.82) is 0 Å². The van der Waals surface area contributed by atoms with E-state index in [0.29, 0.717) is 12.2 Å². The van der Waals surface area contributed by atoms with Gasteiger partial charge < -0.3 is 10.1 Å². The largest absolute Gasteiger partial charge is 0.382 e. The lowest BCUT2D eigenvalue weighted by Crippen LogP contribution is -2.26. The summed E-state index contributed by atoms with van der Waals surface area (Å²) in [5, 5.41) is 3.05. The third-order valence-corrected chi connectivity index (χ3v) is 2.73. The van der Waals surface area contributed by atoms with Gasteiger partial charge in [0.05, 0.1) is 6.10 Å². The molecule has 1 unspecified atom stereocenters. The SMILES string of the molecule is Fc1ccc(NCC2CCCCO2)cc1F. The van der Waals surface area contributed by atoms with Crippen molar-refractivity contribution < 1.29 is 13.5 Å². The molecule has 1 fully saturated rings. The van der Waals surface area contributed by atoms with Gasteiger partial charge in [-0.25, -0.2) is 8.78 Å². The van der Waals surface area contributed by atoms with Crippen LogP contribution in [0.4, 0.5) is 14.5 Å². The van der Waals surface area contributed by atoms with Crippen LogP contribution in [0.15, 0.2) is 18.2 Å². The molecule has 1 N–H and O–H groups in total. The number of hydrogen-bond acceptors (Lipinski definition) is 2. The summed E-state index contributed by atoms with van der Waals surface area (Å²) < 4.78 is 31.1. The number of anilines is 1. The van der Waals surface area contributed by atoms with Crippen LogP contribution in [-0.4, -0.2) is 19.3 Å². The molecule has 0 amide bonds. The van der Waals surface area contributed by atoms with Crippen LogP contribution < -0.4 is 5.32 Å². The van der Waals surface area contributed by atoms with Gasteiger partial charge in [0, 0.05) is 24.9 Å². The highest BCUT2D eigenvalue weighted by atomic mass is 19.2. The second kappa shape index (κ2) is 5.25. The smallest absolute Gasteiger partial charge is 0.160 e. The van der Waals surface area contributed by atoms with Crippen molar-refractivity contribution >= 4 is 5.69 Å². The minimum absolute atomic E-state index is 0.182. The zero-order valence-electron chi connectivity index (χ0n) is 9.01. The van der Waals surface area contributed by atoms with Crippen LogP contribution in [0.1, 0.15) is 19.3 Å². The lowest BCUT2D eigenvalue weighted by molar-refractivity contribution is 0.0247. The Morgan fingerprint density at radius 3 is 2.81 bits per heavy atom. The fourth-order valence-corrected chi connectivity index (χ4v) is 1.81. The van der Waals surface area contributed by atoms with Crippen molar-refractivity contribution in [3.05, 3.63) is 29.8 Å². The monoisotopic (exact) mass is 227 g/mol. The standard InChI is InChI=1S/C12H15F2NO/c13-11-5-4-9(7-12(11)14)15-8-10-3-1-2-6-16-10/h4-5,7,10,15H,1-3,6,8H2. The normalized spacial score (nSPS) is 20.8. The first-order chi connectivity index (χ1) is 7.75. The molecule has 1 heterocycles. The van der Waals surface area contributed by atoms with E-state index in [0.717, 1.165) is 31.6 Å². The van der Waals surface area contributed by atoms with Gasteiger partial charge in [0.25, 0.3) is 0 Å². The molecule has 4 heteroatoms. The molecule has 2 nitrogen and oxygen atoms in total. The quantitative estimate of drug-likeness (QED) is 0.857. The number of hydrogen-bond donors (Lipinski definition) is 1. The van der Waals surface area contributed by atoms with Crippen molar-refractivity contribution in [3.8, 4) is 0 Å². The molecule has 0 aliphatic carbocycles. The highest BCUT2D eigenvalue weighted by molar-refractivity contribution is 5.43. The summed E-state index contributed by atoms with van der Waals surface area (Å²) in [6.45, 7) is 1.44. The number of ether oxygens (including phenoxy) is 1. The Morgan fingerprint density at radius 2 is 2.12 bits per heavy atom. The Hall–Kier alpha value is -1.16. The van der Waals surface area contributed by atoms with Gasteiger partial charge in [0.1, 0.15) is 0 Å². The number of rotatable bonds is 3. The molecule has 1 atom stereocenters. The molecule has 88 valence electrons. The van der Waals surface area contributed by atoms with E-state index in [2.05, 4.69) is 5.32 Å². The van der Waals surface area contributed by atoms with Gasteiger partial charge in [-0.05, 0) is 31.4 Å². The molecular formula is C12H15F2NO. The molecule has 1 aromatic rings. The molecule has 0 bridgehead atoms. The topological polar surface area (TPSA) is 21.3 Å². The van der Waals surface area contributed by atoms with E-state index in [9.17, 15) is 8.78 Å². The molecule has 1 aliphatic heterocycles. The molecule has 1 aliphatic rings. The minimum atomic E-state index is -0.824. The fourth-order valence-electron chi connectivity index (χ4n) is 1.81. The van der Waals surface area contributed by atoms with E-state index < -0.39 is 11.6 Å². The summed E-state index contributed by atoms with van der Waals surface area (Å²) in [6, 6.07) is 3.82. The molecule has 0 spiro atoms. The molecule has 1 saturated heterocycles. The van der Waals surface area contributed by atoms with Crippen molar-refractivity contribution in [1.82, 2.24) is 0 Å². The Bertz CT molecular complexity index is 351. The summed E-state index contributed by atoms with van der Waals surface area (Å²) in [4.78, 5) is 0. The van der Waals surface area contributed by atoms with Gasteiger partial charge in [-0.1, -0.05) is 0 Å². The predicted molar refractivity (Wildman–Crippen MR) is 58.4 cm³/mol. The van der Waals surface area contributed by atoms with Gasteiger partial charge in [-0.15, -0.1) is 0 Å². The first-order valence-corrected chi connectivity index (χ1v) is 5.56. The highest BCUT2D eigenvalue weighted by Gasteiger charge is 2.13. The van der Waals surface area contributed by atoms with E-state index >= 15 is 0 Å². The van der Waals surface area contributed by atoms with Gasteiger partial charge in [0.15, 0.2) is 11.6 Å². The van der Waals surface area contributed by atoms with E-state index in [1.165, 1.54) is 12.5 Å². The Morgan fingerprint density at radius 1 is 1.25 bits per heavy atom. The van der Waals surface area contributed by atoms with E-state index in [1.54, 1.807) is 0 Å². The first kappa shape index (κ1) is 11.3. The second-order valence-electron chi connectivity index (χ2n) is 4.00. The van der Waals surface area contributed by atoms with Gasteiger partial charge in [0.2, 0.25) is 0 Å². The number of benzene rings is 1. The molecule has 2 rings (SSSR count). The van der Waals surface area contributed by atoms with Crippen LogP contribution in [0.5, 0.6) is 0 Å². The second-order valence-corrected chi connectivity index (χ2v) is 4.00. The van der Waals surface area contributed by atoms with Crippen LogP contribution in [0.2, 0.25) is 0 Å². The minimum Gasteiger partial charge on any atom is -0.382 e. The maximum Gasteiger partial charge on any atom is 0.160 e. The third kappa shape index (κ3) is 2.92. The zero-order valence-corrected chi connectivity index (χ0v) is 9.01. The maximum atomic E-state index is 12.9. The highest BCUT2D eigenvalue weighted by Crippen LogP contribution is 2.16. The molecule has 0 saturated carbocycles. The lowest BCUT2D eigenvalue weighted by atomic mass is 10.1. The van der Waals surface area contributed by atoms with Crippen LogP contribution in [0, 0.1) is 11.6 Å². The number of halogens is 2. The van der Waals surface area contributed by atoms with Gasteiger partial charge in [-0.2, -0.15) is 0 Å². The molecule has 16 heavy (non-hydrogen) atoms. The lowest BCUT2D eigenvalue weighted by Gasteiger charge is -2.23. The van der Waals surface area contributed by atoms with Crippen molar-refractivity contribution in [3.63, 3.8) is 0 Å².